The number of ether oxygens (including phenoxy) is 2. The van der Waals surface area contributed by atoms with Gasteiger partial charge < -0.3 is 9.47 Å². The van der Waals surface area contributed by atoms with Crippen LogP contribution in [0.2, 0.25) is 0 Å². The molecule has 4 rings (SSSR count). The van der Waals surface area contributed by atoms with E-state index in [0.29, 0.717) is 29.3 Å². The summed E-state index contributed by atoms with van der Waals surface area (Å²) in [7, 11) is 0. The highest BCUT2D eigenvalue weighted by Crippen LogP contribution is 2.39. The van der Waals surface area contributed by atoms with Crippen molar-refractivity contribution in [2.45, 2.75) is 12.6 Å². The van der Waals surface area contributed by atoms with Crippen LogP contribution in [0.15, 0.2) is 96.9 Å². The Morgan fingerprint density at radius 2 is 1.25 bits per heavy atom. The van der Waals surface area contributed by atoms with E-state index in [1.807, 2.05) is 12.1 Å². The average molecular weight is 374 g/mol. The fourth-order valence-electron chi connectivity index (χ4n) is 3.15. The Morgan fingerprint density at radius 3 is 1.61 bits per heavy atom. The number of rotatable bonds is 4. The second kappa shape index (κ2) is 7.44. The van der Waals surface area contributed by atoms with Crippen LogP contribution in [0.4, 0.5) is 9.59 Å². The summed E-state index contributed by atoms with van der Waals surface area (Å²) in [5.41, 5.74) is 1.25. The molecule has 1 aliphatic carbocycles. The van der Waals surface area contributed by atoms with E-state index in [-0.39, 0.29) is 0 Å². The molecule has 0 unspecified atom stereocenters. The molecule has 1 heterocycles. The van der Waals surface area contributed by atoms with Crippen molar-refractivity contribution in [1.29, 1.82) is 0 Å². The second-order valence-corrected chi connectivity index (χ2v) is 6.21. The summed E-state index contributed by atoms with van der Waals surface area (Å²) in [4.78, 5) is 28.6. The number of para-hydroxylation sites is 2. The molecule has 1 aliphatic heterocycles. The van der Waals surface area contributed by atoms with Crippen molar-refractivity contribution >= 4 is 12.2 Å². The zero-order valence-corrected chi connectivity index (χ0v) is 15.0. The lowest BCUT2D eigenvalue weighted by Crippen LogP contribution is -2.47. The number of allylic oxidation sites excluding steroid dienone is 2. The summed E-state index contributed by atoms with van der Waals surface area (Å²) in [6, 6.07) is 17.6. The van der Waals surface area contributed by atoms with Crippen LogP contribution in [0.1, 0.15) is 6.42 Å². The lowest BCUT2D eigenvalue weighted by atomic mass is 10.1. The first-order chi connectivity index (χ1) is 13.7. The molecule has 0 fully saturated rings. The van der Waals surface area contributed by atoms with Crippen LogP contribution in [-0.2, 0) is 0 Å². The van der Waals surface area contributed by atoms with E-state index in [4.69, 9.17) is 9.47 Å². The van der Waals surface area contributed by atoms with Gasteiger partial charge in [0, 0.05) is 6.42 Å². The smallest absolute Gasteiger partial charge is 0.410 e. The normalized spacial score (nSPS) is 15.1. The van der Waals surface area contributed by atoms with Crippen LogP contribution >= 0.6 is 0 Å². The molecule has 6 heteroatoms. The number of benzene rings is 2. The standard InChI is InChI=1S/C22H18N2O4/c1-2-9-20-23(21(25)27-16-10-5-3-6-11-16)18-14-15-19(18)24(20)22(26)28-17-12-7-4-8-13-17/h2-8,10-15,20H,1,9H2. The second-order valence-electron chi connectivity index (χ2n) is 6.21. The van der Waals surface area contributed by atoms with Gasteiger partial charge in [-0.3, -0.25) is 9.80 Å². The van der Waals surface area contributed by atoms with Crippen molar-refractivity contribution in [3.8, 4) is 11.5 Å². The Morgan fingerprint density at radius 1 is 0.821 bits per heavy atom. The summed E-state index contributed by atoms with van der Waals surface area (Å²) in [6.45, 7) is 3.75. The van der Waals surface area contributed by atoms with E-state index in [0.717, 1.165) is 0 Å². The van der Waals surface area contributed by atoms with Crippen molar-refractivity contribution in [2.24, 2.45) is 0 Å². The Balaban J connectivity index is 1.57. The van der Waals surface area contributed by atoms with Gasteiger partial charge in [0.05, 0.1) is 11.4 Å². The molecule has 6 nitrogen and oxygen atoms in total. The lowest BCUT2D eigenvalue weighted by molar-refractivity contribution is 0.108. The fraction of sp³-hybridized carbons (Fsp3) is 0.0909. The molecule has 0 N–H and O–H groups in total. The predicted molar refractivity (Wildman–Crippen MR) is 103 cm³/mol. The van der Waals surface area contributed by atoms with E-state index in [1.165, 1.54) is 9.80 Å². The van der Waals surface area contributed by atoms with Crippen molar-refractivity contribution < 1.29 is 19.1 Å². The molecule has 140 valence electrons. The molecule has 0 aromatic heterocycles. The molecule has 0 bridgehead atoms. The number of amides is 2. The third-order valence-corrected chi connectivity index (χ3v) is 4.44. The van der Waals surface area contributed by atoms with Gasteiger partial charge in [-0.2, -0.15) is 0 Å². The van der Waals surface area contributed by atoms with Crippen LogP contribution < -0.4 is 9.47 Å². The molecule has 0 saturated carbocycles. The van der Waals surface area contributed by atoms with Crippen molar-refractivity contribution in [3.05, 3.63) is 96.9 Å². The summed E-state index contributed by atoms with van der Waals surface area (Å²) < 4.78 is 11.0. The van der Waals surface area contributed by atoms with Gasteiger partial charge in [-0.15, -0.1) is 6.58 Å². The highest BCUT2D eigenvalue weighted by molar-refractivity contribution is 5.82. The van der Waals surface area contributed by atoms with E-state index in [1.54, 1.807) is 66.8 Å². The van der Waals surface area contributed by atoms with Crippen LogP contribution in [0.25, 0.3) is 0 Å². The molecule has 2 aromatic carbocycles. The Labute approximate surface area is 162 Å². The zero-order chi connectivity index (χ0) is 19.5. The first-order valence-corrected chi connectivity index (χ1v) is 8.84. The van der Waals surface area contributed by atoms with Gasteiger partial charge >= 0.3 is 12.2 Å². The SMILES string of the molecule is C=CCC1N(C(=O)Oc2ccccc2)C2=C(C=C2)N1C(=O)Oc1ccccc1. The molecule has 0 spiro atoms. The molecule has 0 saturated heterocycles. The van der Waals surface area contributed by atoms with Gasteiger partial charge in [-0.1, -0.05) is 42.5 Å². The van der Waals surface area contributed by atoms with Crippen LogP contribution in [0, 0.1) is 0 Å². The summed E-state index contributed by atoms with van der Waals surface area (Å²) >= 11 is 0. The molecule has 2 aromatic rings. The van der Waals surface area contributed by atoms with Gasteiger partial charge in [0.25, 0.3) is 0 Å². The molecule has 2 amide bonds. The number of carbonyl (C=O) groups is 2. The number of hydrogen-bond acceptors (Lipinski definition) is 4. The molecule has 0 atom stereocenters. The average Bonchev–Trinajstić information content (AvgIpc) is 2.90. The van der Waals surface area contributed by atoms with Crippen LogP contribution in [0.3, 0.4) is 0 Å². The predicted octanol–water partition coefficient (Wildman–Crippen LogP) is 4.69. The Kier molecular flexibility index (Phi) is 4.68. The first-order valence-electron chi connectivity index (χ1n) is 8.84. The minimum Gasteiger partial charge on any atom is -0.410 e. The maximum atomic E-state index is 12.8. The first kappa shape index (κ1) is 17.6. The summed E-state index contributed by atoms with van der Waals surface area (Å²) in [5, 5.41) is 0. The maximum absolute atomic E-state index is 12.8. The van der Waals surface area contributed by atoms with E-state index in [9.17, 15) is 9.59 Å². The Hall–Kier alpha value is -3.80. The highest BCUT2D eigenvalue weighted by Gasteiger charge is 2.46. The lowest BCUT2D eigenvalue weighted by Gasteiger charge is -2.29. The van der Waals surface area contributed by atoms with Crippen LogP contribution in [0.5, 0.6) is 11.5 Å². The minimum absolute atomic E-state index is 0.364. The largest absolute Gasteiger partial charge is 0.421 e. The zero-order valence-electron chi connectivity index (χ0n) is 15.0. The number of hydrogen-bond donors (Lipinski definition) is 0. The van der Waals surface area contributed by atoms with Crippen molar-refractivity contribution in [2.75, 3.05) is 0 Å². The van der Waals surface area contributed by atoms with Gasteiger partial charge in [0.2, 0.25) is 0 Å². The fourth-order valence-corrected chi connectivity index (χ4v) is 3.15. The minimum atomic E-state index is -0.607. The van der Waals surface area contributed by atoms with E-state index in [2.05, 4.69) is 6.58 Å². The number of nitrogens with zero attached hydrogens (tertiary/aromatic N) is 2. The molecular formula is C22H18N2O4. The van der Waals surface area contributed by atoms with Crippen molar-refractivity contribution in [1.82, 2.24) is 9.80 Å². The van der Waals surface area contributed by atoms with Gasteiger partial charge in [0.15, 0.2) is 0 Å². The third kappa shape index (κ3) is 3.16. The van der Waals surface area contributed by atoms with Crippen molar-refractivity contribution in [3.63, 3.8) is 0 Å². The molecule has 2 aliphatic rings. The number of carbonyl (C=O) groups excluding carboxylic acids is 2. The third-order valence-electron chi connectivity index (χ3n) is 4.44. The maximum Gasteiger partial charge on any atom is 0.421 e. The summed E-state index contributed by atoms with van der Waals surface area (Å²) in [5.74, 6) is 0.862. The highest BCUT2D eigenvalue weighted by atomic mass is 16.6. The molecular weight excluding hydrogens is 356 g/mol. The van der Waals surface area contributed by atoms with E-state index >= 15 is 0 Å². The van der Waals surface area contributed by atoms with Gasteiger partial charge in [0.1, 0.15) is 17.7 Å². The van der Waals surface area contributed by atoms with Gasteiger partial charge in [-0.25, -0.2) is 9.59 Å². The van der Waals surface area contributed by atoms with Gasteiger partial charge in [-0.05, 0) is 36.4 Å². The molecule has 0 radical (unpaired) electrons. The summed E-state index contributed by atoms with van der Waals surface area (Å²) in [6.07, 6.45) is 3.82. The van der Waals surface area contributed by atoms with Crippen LogP contribution in [-0.4, -0.2) is 28.2 Å². The topological polar surface area (TPSA) is 59.1 Å². The monoisotopic (exact) mass is 374 g/mol. The van der Waals surface area contributed by atoms with E-state index < -0.39 is 18.4 Å². The molecule has 28 heavy (non-hydrogen) atoms. The quantitative estimate of drug-likeness (QED) is 0.729. The Bertz CT molecular complexity index is 893.